The van der Waals surface area contributed by atoms with Gasteiger partial charge in [-0.1, -0.05) is 54.1 Å². The Morgan fingerprint density at radius 2 is 1.72 bits per heavy atom. The average molecular weight is 353 g/mol. The Kier molecular flexibility index (Phi) is 5.26. The first-order chi connectivity index (χ1) is 12.1. The lowest BCUT2D eigenvalue weighted by molar-refractivity contribution is 0.0934. The van der Waals surface area contributed by atoms with Crippen LogP contribution in [0.5, 0.6) is 0 Å². The van der Waals surface area contributed by atoms with Crippen LogP contribution in [0, 0.1) is 0 Å². The smallest absolute Gasteiger partial charge is 0.271 e. The maximum Gasteiger partial charge on any atom is 0.271 e. The van der Waals surface area contributed by atoms with Gasteiger partial charge < -0.3 is 10.6 Å². The van der Waals surface area contributed by atoms with Crippen molar-refractivity contribution in [3.8, 4) is 0 Å². The first-order valence-corrected chi connectivity index (χ1v) is 8.20. The summed E-state index contributed by atoms with van der Waals surface area (Å²) in [6, 6.07) is 17.0. The number of para-hydroxylation sites is 1. The van der Waals surface area contributed by atoms with Gasteiger partial charge in [-0.15, -0.1) is 0 Å². The summed E-state index contributed by atoms with van der Waals surface area (Å²) in [5.41, 5.74) is 2.02. The second kappa shape index (κ2) is 7.77. The Morgan fingerprint density at radius 1 is 1.00 bits per heavy atom. The maximum atomic E-state index is 12.3. The van der Waals surface area contributed by atoms with Gasteiger partial charge in [0.25, 0.3) is 5.91 Å². The summed E-state index contributed by atoms with van der Waals surface area (Å²) >= 11 is 6.10. The van der Waals surface area contributed by atoms with Crippen molar-refractivity contribution in [3.63, 3.8) is 0 Å². The molecule has 0 bridgehead atoms. The third kappa shape index (κ3) is 4.33. The van der Waals surface area contributed by atoms with E-state index in [2.05, 4.69) is 20.6 Å². The number of hydrogen-bond donors (Lipinski definition) is 2. The van der Waals surface area contributed by atoms with Crippen molar-refractivity contribution in [2.45, 2.75) is 13.0 Å². The molecule has 0 aliphatic carbocycles. The normalized spacial score (nSPS) is 11.6. The second-order valence-electron chi connectivity index (χ2n) is 5.50. The third-order valence-corrected chi connectivity index (χ3v) is 4.00. The Balaban J connectivity index is 1.65. The second-order valence-corrected chi connectivity index (χ2v) is 5.90. The molecular weight excluding hydrogens is 336 g/mol. The first kappa shape index (κ1) is 16.9. The topological polar surface area (TPSA) is 66.9 Å². The van der Waals surface area contributed by atoms with Crippen LogP contribution in [0.3, 0.4) is 0 Å². The fourth-order valence-electron chi connectivity index (χ4n) is 2.31. The van der Waals surface area contributed by atoms with E-state index in [9.17, 15) is 4.79 Å². The van der Waals surface area contributed by atoms with Crippen LogP contribution in [-0.4, -0.2) is 15.9 Å². The van der Waals surface area contributed by atoms with E-state index in [1.54, 1.807) is 6.07 Å². The molecule has 2 aromatic carbocycles. The molecule has 2 N–H and O–H groups in total. The van der Waals surface area contributed by atoms with E-state index in [4.69, 9.17) is 11.6 Å². The van der Waals surface area contributed by atoms with Crippen LogP contribution in [0.25, 0.3) is 0 Å². The summed E-state index contributed by atoms with van der Waals surface area (Å²) in [7, 11) is 0. The predicted molar refractivity (Wildman–Crippen MR) is 99.1 cm³/mol. The first-order valence-electron chi connectivity index (χ1n) is 7.83. The fraction of sp³-hybridized carbons (Fsp3) is 0.105. The number of halogens is 1. The van der Waals surface area contributed by atoms with Crippen molar-refractivity contribution in [2.75, 3.05) is 5.32 Å². The highest BCUT2D eigenvalue weighted by atomic mass is 35.5. The largest absolute Gasteiger partial charge is 0.344 e. The van der Waals surface area contributed by atoms with Crippen LogP contribution >= 0.6 is 11.6 Å². The zero-order valence-electron chi connectivity index (χ0n) is 13.6. The number of nitrogens with one attached hydrogen (secondary N) is 2. The van der Waals surface area contributed by atoms with Crippen LogP contribution in [0.4, 0.5) is 11.5 Å². The van der Waals surface area contributed by atoms with Crippen molar-refractivity contribution in [2.24, 2.45) is 0 Å². The molecule has 25 heavy (non-hydrogen) atoms. The van der Waals surface area contributed by atoms with Gasteiger partial charge in [-0.25, -0.2) is 9.97 Å². The minimum atomic E-state index is -0.270. The highest BCUT2D eigenvalue weighted by molar-refractivity contribution is 6.33. The van der Waals surface area contributed by atoms with E-state index in [0.717, 1.165) is 11.3 Å². The lowest BCUT2D eigenvalue weighted by atomic mass is 10.1. The van der Waals surface area contributed by atoms with Crippen molar-refractivity contribution < 1.29 is 4.79 Å². The van der Waals surface area contributed by atoms with Crippen molar-refractivity contribution in [1.82, 2.24) is 15.3 Å². The van der Waals surface area contributed by atoms with Crippen LogP contribution in [-0.2, 0) is 0 Å². The number of nitrogens with zero attached hydrogens (tertiary/aromatic N) is 2. The molecule has 0 spiro atoms. The molecule has 0 aliphatic heterocycles. The SMILES string of the molecule is CC(NC(=O)c1cnc(Nc2ccccc2Cl)cn1)c1ccccc1. The summed E-state index contributed by atoms with van der Waals surface area (Å²) in [6.07, 6.45) is 2.94. The zero-order chi connectivity index (χ0) is 17.6. The molecular formula is C19H17ClN4O. The average Bonchev–Trinajstić information content (AvgIpc) is 2.65. The van der Waals surface area contributed by atoms with Crippen LogP contribution in [0.15, 0.2) is 67.0 Å². The Labute approximate surface area is 151 Å². The molecule has 1 amide bonds. The molecule has 0 saturated carbocycles. The van der Waals surface area contributed by atoms with Gasteiger partial charge in [-0.2, -0.15) is 0 Å². The summed E-state index contributed by atoms with van der Waals surface area (Å²) in [4.78, 5) is 20.7. The fourth-order valence-corrected chi connectivity index (χ4v) is 2.49. The minimum absolute atomic E-state index is 0.114. The molecule has 6 heteroatoms. The molecule has 1 heterocycles. The van der Waals surface area contributed by atoms with Crippen LogP contribution in [0.2, 0.25) is 5.02 Å². The molecule has 0 fully saturated rings. The summed E-state index contributed by atoms with van der Waals surface area (Å²) in [5, 5.41) is 6.56. The number of carbonyl (C=O) groups is 1. The third-order valence-electron chi connectivity index (χ3n) is 3.67. The quantitative estimate of drug-likeness (QED) is 0.715. The number of benzene rings is 2. The van der Waals surface area contributed by atoms with Gasteiger partial charge in [-0.3, -0.25) is 4.79 Å². The standard InChI is InChI=1S/C19H17ClN4O/c1-13(14-7-3-2-4-8-14)23-19(25)17-11-22-18(12-21-17)24-16-10-6-5-9-15(16)20/h2-13H,1H3,(H,22,24)(H,23,25). The van der Waals surface area contributed by atoms with Gasteiger partial charge in [0.1, 0.15) is 11.5 Å². The minimum Gasteiger partial charge on any atom is -0.344 e. The molecule has 0 aliphatic rings. The molecule has 1 aromatic heterocycles. The predicted octanol–water partition coefficient (Wildman–Crippen LogP) is 4.36. The lowest BCUT2D eigenvalue weighted by Gasteiger charge is -2.14. The van der Waals surface area contributed by atoms with E-state index in [1.165, 1.54) is 12.4 Å². The number of carbonyl (C=O) groups excluding carboxylic acids is 1. The van der Waals surface area contributed by atoms with Crippen molar-refractivity contribution in [1.29, 1.82) is 0 Å². The van der Waals surface area contributed by atoms with E-state index < -0.39 is 0 Å². The highest BCUT2D eigenvalue weighted by Crippen LogP contribution is 2.23. The Bertz CT molecular complexity index is 853. The number of anilines is 2. The molecule has 5 nitrogen and oxygen atoms in total. The number of hydrogen-bond acceptors (Lipinski definition) is 4. The molecule has 126 valence electrons. The number of rotatable bonds is 5. The summed E-state index contributed by atoms with van der Waals surface area (Å²) in [6.45, 7) is 1.92. The van der Waals surface area contributed by atoms with Gasteiger partial charge >= 0.3 is 0 Å². The molecule has 1 atom stereocenters. The molecule has 0 saturated heterocycles. The van der Waals surface area contributed by atoms with Crippen molar-refractivity contribution in [3.05, 3.63) is 83.3 Å². The number of amides is 1. The summed E-state index contributed by atoms with van der Waals surface area (Å²) < 4.78 is 0. The van der Waals surface area contributed by atoms with E-state index >= 15 is 0 Å². The van der Waals surface area contributed by atoms with Gasteiger partial charge in [0.05, 0.1) is 29.1 Å². The Morgan fingerprint density at radius 3 is 2.40 bits per heavy atom. The molecule has 1 unspecified atom stereocenters. The van der Waals surface area contributed by atoms with Crippen LogP contribution in [0.1, 0.15) is 29.0 Å². The van der Waals surface area contributed by atoms with E-state index in [0.29, 0.717) is 10.8 Å². The van der Waals surface area contributed by atoms with Crippen molar-refractivity contribution >= 4 is 29.0 Å². The molecule has 3 aromatic rings. The maximum absolute atomic E-state index is 12.3. The lowest BCUT2D eigenvalue weighted by Crippen LogP contribution is -2.27. The number of aromatic nitrogens is 2. The van der Waals surface area contributed by atoms with E-state index in [1.807, 2.05) is 55.5 Å². The Hall–Kier alpha value is -2.92. The van der Waals surface area contributed by atoms with Gasteiger partial charge in [-0.05, 0) is 24.6 Å². The molecule has 0 radical (unpaired) electrons. The monoisotopic (exact) mass is 352 g/mol. The molecule has 3 rings (SSSR count). The van der Waals surface area contributed by atoms with Gasteiger partial charge in [0.15, 0.2) is 0 Å². The summed E-state index contributed by atoms with van der Waals surface area (Å²) in [5.74, 6) is 0.244. The van der Waals surface area contributed by atoms with Gasteiger partial charge in [0, 0.05) is 0 Å². The zero-order valence-corrected chi connectivity index (χ0v) is 14.4. The van der Waals surface area contributed by atoms with Crippen LogP contribution < -0.4 is 10.6 Å². The van der Waals surface area contributed by atoms with E-state index in [-0.39, 0.29) is 17.6 Å². The van der Waals surface area contributed by atoms with Gasteiger partial charge in [0.2, 0.25) is 0 Å². The highest BCUT2D eigenvalue weighted by Gasteiger charge is 2.13.